The highest BCUT2D eigenvalue weighted by Gasteiger charge is 2.09. The van der Waals surface area contributed by atoms with Gasteiger partial charge >= 0.3 is 5.97 Å². The Morgan fingerprint density at radius 2 is 1.73 bits per heavy atom. The van der Waals surface area contributed by atoms with Crippen LogP contribution in [0.1, 0.15) is 30.1 Å². The van der Waals surface area contributed by atoms with Gasteiger partial charge < -0.3 is 24.1 Å². The quantitative estimate of drug-likeness (QED) is 0.598. The molecule has 0 fully saturated rings. The highest BCUT2D eigenvalue weighted by atomic mass is 16.6. The molecule has 124 valence electrons. The Morgan fingerprint density at radius 3 is 2.36 bits per heavy atom. The van der Waals surface area contributed by atoms with Crippen LogP contribution in [-0.4, -0.2) is 51.2 Å². The molecular formula is C16H24O6. The molecule has 0 aliphatic rings. The minimum atomic E-state index is -1.01. The summed E-state index contributed by atoms with van der Waals surface area (Å²) >= 11 is 0. The summed E-state index contributed by atoms with van der Waals surface area (Å²) in [5.41, 5.74) is 0.154. The van der Waals surface area contributed by atoms with Gasteiger partial charge in [0.25, 0.3) is 0 Å². The summed E-state index contributed by atoms with van der Waals surface area (Å²) in [5, 5.41) is 8.97. The summed E-state index contributed by atoms with van der Waals surface area (Å²) in [6.07, 6.45) is 2.18. The first-order valence-corrected chi connectivity index (χ1v) is 7.38. The third-order valence-corrected chi connectivity index (χ3v) is 2.91. The molecule has 22 heavy (non-hydrogen) atoms. The highest BCUT2D eigenvalue weighted by molar-refractivity contribution is 5.88. The highest BCUT2D eigenvalue weighted by Crippen LogP contribution is 2.27. The molecule has 1 N–H and O–H groups in total. The molecular weight excluding hydrogens is 288 g/mol. The van der Waals surface area contributed by atoms with Gasteiger partial charge in [0.05, 0.1) is 32.5 Å². The van der Waals surface area contributed by atoms with Crippen molar-refractivity contribution in [2.75, 3.05) is 40.1 Å². The van der Waals surface area contributed by atoms with Crippen molar-refractivity contribution in [1.82, 2.24) is 0 Å². The molecule has 0 radical (unpaired) electrons. The third kappa shape index (κ3) is 6.78. The number of carbonyl (C=O) groups is 1. The predicted octanol–water partition coefficient (Wildman–Crippen LogP) is 2.61. The number of carboxylic acids is 1. The molecule has 0 saturated carbocycles. The van der Waals surface area contributed by atoms with Crippen molar-refractivity contribution in [3.63, 3.8) is 0 Å². The second kappa shape index (κ2) is 10.9. The Kier molecular flexibility index (Phi) is 9.02. The molecule has 0 amide bonds. The van der Waals surface area contributed by atoms with E-state index in [1.54, 1.807) is 6.07 Å². The summed E-state index contributed by atoms with van der Waals surface area (Å²) in [5.74, 6) is -0.119. The van der Waals surface area contributed by atoms with E-state index in [1.807, 2.05) is 0 Å². The molecule has 1 rings (SSSR count). The third-order valence-electron chi connectivity index (χ3n) is 2.91. The Balaban J connectivity index is 2.26. The van der Waals surface area contributed by atoms with Crippen LogP contribution >= 0.6 is 0 Å². The van der Waals surface area contributed by atoms with Crippen molar-refractivity contribution in [1.29, 1.82) is 0 Å². The summed E-state index contributed by atoms with van der Waals surface area (Å²) in [7, 11) is 1.51. The van der Waals surface area contributed by atoms with Crippen LogP contribution in [-0.2, 0) is 9.47 Å². The predicted molar refractivity (Wildman–Crippen MR) is 82.0 cm³/mol. The fraction of sp³-hybridized carbons (Fsp3) is 0.562. The molecule has 1 aromatic carbocycles. The molecule has 1 aromatic rings. The van der Waals surface area contributed by atoms with Crippen molar-refractivity contribution in [2.24, 2.45) is 0 Å². The van der Waals surface area contributed by atoms with Crippen LogP contribution in [0.4, 0.5) is 0 Å². The first kappa shape index (κ1) is 18.3. The molecule has 0 unspecified atom stereocenters. The molecule has 6 heteroatoms. The fourth-order valence-electron chi connectivity index (χ4n) is 1.70. The lowest BCUT2D eigenvalue weighted by Gasteiger charge is -2.11. The normalized spacial score (nSPS) is 10.5. The maximum atomic E-state index is 10.9. The van der Waals surface area contributed by atoms with Crippen molar-refractivity contribution >= 4 is 5.97 Å². The minimum absolute atomic E-state index is 0.154. The van der Waals surface area contributed by atoms with Crippen LogP contribution in [0.15, 0.2) is 18.2 Å². The summed E-state index contributed by atoms with van der Waals surface area (Å²) in [4.78, 5) is 10.9. The molecule has 0 saturated heterocycles. The van der Waals surface area contributed by atoms with Gasteiger partial charge in [0.1, 0.15) is 6.61 Å². The minimum Gasteiger partial charge on any atom is -0.493 e. The van der Waals surface area contributed by atoms with E-state index in [9.17, 15) is 4.79 Å². The van der Waals surface area contributed by atoms with Gasteiger partial charge in [-0.1, -0.05) is 13.3 Å². The molecule has 0 aliphatic heterocycles. The van der Waals surface area contributed by atoms with Crippen molar-refractivity contribution < 1.29 is 28.8 Å². The zero-order valence-corrected chi connectivity index (χ0v) is 13.2. The van der Waals surface area contributed by atoms with Gasteiger partial charge in [-0.15, -0.1) is 0 Å². The lowest BCUT2D eigenvalue weighted by molar-refractivity contribution is 0.0352. The molecule has 0 aliphatic carbocycles. The number of ether oxygens (including phenoxy) is 4. The van der Waals surface area contributed by atoms with Crippen molar-refractivity contribution in [2.45, 2.75) is 19.8 Å². The van der Waals surface area contributed by atoms with Crippen molar-refractivity contribution in [3.8, 4) is 11.5 Å². The lowest BCUT2D eigenvalue weighted by atomic mass is 10.2. The maximum Gasteiger partial charge on any atom is 0.335 e. The number of hydrogen-bond donors (Lipinski definition) is 1. The Labute approximate surface area is 130 Å². The lowest BCUT2D eigenvalue weighted by Crippen LogP contribution is -2.11. The molecule has 0 spiro atoms. The summed E-state index contributed by atoms with van der Waals surface area (Å²) in [6.45, 7) is 4.67. The Bertz CT molecular complexity index is 446. The molecule has 0 atom stereocenters. The largest absolute Gasteiger partial charge is 0.493 e. The molecule has 6 nitrogen and oxygen atoms in total. The number of rotatable bonds is 12. The average Bonchev–Trinajstić information content (AvgIpc) is 2.53. The summed E-state index contributed by atoms with van der Waals surface area (Å²) in [6, 6.07) is 4.48. The van der Waals surface area contributed by atoms with Gasteiger partial charge in [0.2, 0.25) is 0 Å². The van der Waals surface area contributed by atoms with E-state index < -0.39 is 5.97 Å². The zero-order valence-electron chi connectivity index (χ0n) is 13.2. The summed E-state index contributed by atoms with van der Waals surface area (Å²) < 4.78 is 21.4. The number of aromatic carboxylic acids is 1. The second-order valence-electron chi connectivity index (χ2n) is 4.60. The van der Waals surface area contributed by atoms with Gasteiger partial charge in [-0.3, -0.25) is 0 Å². The van der Waals surface area contributed by atoms with Gasteiger partial charge in [0, 0.05) is 6.61 Å². The number of hydrogen-bond acceptors (Lipinski definition) is 5. The Morgan fingerprint density at radius 1 is 1.05 bits per heavy atom. The smallest absolute Gasteiger partial charge is 0.335 e. The van der Waals surface area contributed by atoms with Crippen LogP contribution in [0.3, 0.4) is 0 Å². The zero-order chi connectivity index (χ0) is 16.2. The number of methoxy groups -OCH3 is 1. The van der Waals surface area contributed by atoms with Gasteiger partial charge in [0.15, 0.2) is 11.5 Å². The van der Waals surface area contributed by atoms with E-state index in [2.05, 4.69) is 6.92 Å². The topological polar surface area (TPSA) is 74.2 Å². The van der Waals surface area contributed by atoms with Crippen molar-refractivity contribution in [3.05, 3.63) is 23.8 Å². The number of benzene rings is 1. The van der Waals surface area contributed by atoms with E-state index >= 15 is 0 Å². The van der Waals surface area contributed by atoms with E-state index in [0.717, 1.165) is 19.4 Å². The van der Waals surface area contributed by atoms with Gasteiger partial charge in [-0.05, 0) is 24.6 Å². The van der Waals surface area contributed by atoms with Gasteiger partial charge in [-0.25, -0.2) is 4.79 Å². The number of carboxylic acid groups (broad SMARTS) is 1. The second-order valence-corrected chi connectivity index (χ2v) is 4.60. The van der Waals surface area contributed by atoms with Crippen LogP contribution < -0.4 is 9.47 Å². The van der Waals surface area contributed by atoms with Gasteiger partial charge in [-0.2, -0.15) is 0 Å². The van der Waals surface area contributed by atoms with Crippen LogP contribution in [0.25, 0.3) is 0 Å². The molecule has 0 bridgehead atoms. The van der Waals surface area contributed by atoms with Crippen LogP contribution in [0.5, 0.6) is 11.5 Å². The first-order chi connectivity index (χ1) is 10.7. The fourth-order valence-corrected chi connectivity index (χ4v) is 1.70. The standard InChI is InChI=1S/C16H24O6/c1-3-4-7-20-8-9-21-10-11-22-15-12-13(16(17)18)5-6-14(15)19-2/h5-6,12H,3-4,7-11H2,1-2H3,(H,17,18). The van der Waals surface area contributed by atoms with E-state index in [0.29, 0.717) is 37.9 Å². The first-order valence-electron chi connectivity index (χ1n) is 7.38. The van der Waals surface area contributed by atoms with E-state index in [4.69, 9.17) is 24.1 Å². The van der Waals surface area contributed by atoms with Crippen LogP contribution in [0, 0.1) is 0 Å². The monoisotopic (exact) mass is 312 g/mol. The maximum absolute atomic E-state index is 10.9. The molecule has 0 aromatic heterocycles. The average molecular weight is 312 g/mol. The SMILES string of the molecule is CCCCOCCOCCOc1cc(C(=O)O)ccc1OC. The van der Waals surface area contributed by atoms with E-state index in [-0.39, 0.29) is 5.56 Å². The van der Waals surface area contributed by atoms with E-state index in [1.165, 1.54) is 19.2 Å². The Hall–Kier alpha value is -1.79. The number of unbranched alkanes of at least 4 members (excludes halogenated alkanes) is 1. The molecule has 0 heterocycles. The van der Waals surface area contributed by atoms with Crippen LogP contribution in [0.2, 0.25) is 0 Å².